The van der Waals surface area contributed by atoms with Crippen molar-refractivity contribution in [2.75, 3.05) is 0 Å². The van der Waals surface area contributed by atoms with Crippen molar-refractivity contribution in [1.29, 1.82) is 0 Å². The molecule has 5 nitrogen and oxygen atoms in total. The molecule has 33 heavy (non-hydrogen) atoms. The maximum Gasteiger partial charge on any atom is 0.297 e. The van der Waals surface area contributed by atoms with E-state index in [4.69, 9.17) is 4.99 Å². The van der Waals surface area contributed by atoms with Gasteiger partial charge in [0.25, 0.3) is 5.56 Å². The first-order chi connectivity index (χ1) is 16.1. The molecule has 1 aliphatic carbocycles. The Kier molecular flexibility index (Phi) is 6.18. The van der Waals surface area contributed by atoms with E-state index in [0.717, 1.165) is 29.0 Å². The standard InChI is InChI=1S/C27H30N4OS/c1-20-25(26(32)31(29(20)2)23-17-11-6-12-18-23)28-27-30(22-15-9-3-4-10-16-22)24(19-33-27)21-13-7-5-8-14-21/h5-8,11-14,17-19,22H,3-4,9-10,15-16H2,1-2H3. The van der Waals surface area contributed by atoms with E-state index in [-0.39, 0.29) is 5.56 Å². The molecule has 1 fully saturated rings. The van der Waals surface area contributed by atoms with Crippen LogP contribution in [0.3, 0.4) is 0 Å². The Hall–Kier alpha value is -3.12. The van der Waals surface area contributed by atoms with Gasteiger partial charge in [-0.25, -0.2) is 9.67 Å². The Morgan fingerprint density at radius 2 is 1.55 bits per heavy atom. The number of hydrogen-bond acceptors (Lipinski definition) is 3. The molecule has 0 saturated heterocycles. The molecule has 0 bridgehead atoms. The molecule has 1 aliphatic rings. The molecule has 4 aromatic rings. The summed E-state index contributed by atoms with van der Waals surface area (Å²) < 4.78 is 6.01. The van der Waals surface area contributed by atoms with Gasteiger partial charge in [0.05, 0.1) is 17.1 Å². The van der Waals surface area contributed by atoms with Crippen molar-refractivity contribution in [1.82, 2.24) is 13.9 Å². The summed E-state index contributed by atoms with van der Waals surface area (Å²) in [5.74, 6) is 0. The second-order valence-corrected chi connectivity index (χ2v) is 9.64. The van der Waals surface area contributed by atoms with Gasteiger partial charge < -0.3 is 4.57 Å². The minimum absolute atomic E-state index is 0.0803. The van der Waals surface area contributed by atoms with Gasteiger partial charge in [0.15, 0.2) is 10.5 Å². The van der Waals surface area contributed by atoms with Gasteiger partial charge >= 0.3 is 0 Å². The lowest BCUT2D eigenvalue weighted by molar-refractivity contribution is 0.439. The van der Waals surface area contributed by atoms with Crippen molar-refractivity contribution in [2.45, 2.75) is 51.5 Å². The van der Waals surface area contributed by atoms with E-state index in [1.165, 1.54) is 36.9 Å². The van der Waals surface area contributed by atoms with Crippen molar-refractivity contribution < 1.29 is 0 Å². The number of nitrogens with zero attached hydrogens (tertiary/aromatic N) is 4. The van der Waals surface area contributed by atoms with Gasteiger partial charge in [0.2, 0.25) is 0 Å². The third-order valence-electron chi connectivity index (χ3n) is 6.73. The average molecular weight is 459 g/mol. The second-order valence-electron chi connectivity index (χ2n) is 8.81. The van der Waals surface area contributed by atoms with E-state index in [2.05, 4.69) is 40.3 Å². The smallest absolute Gasteiger partial charge is 0.297 e. The molecule has 170 valence electrons. The van der Waals surface area contributed by atoms with Crippen molar-refractivity contribution in [3.05, 3.63) is 86.9 Å². The number of benzene rings is 2. The van der Waals surface area contributed by atoms with E-state index in [0.29, 0.717) is 11.7 Å². The van der Waals surface area contributed by atoms with Gasteiger partial charge in [0, 0.05) is 18.5 Å². The van der Waals surface area contributed by atoms with Crippen LogP contribution in [0.2, 0.25) is 0 Å². The molecule has 0 amide bonds. The van der Waals surface area contributed by atoms with E-state index in [1.807, 2.05) is 49.0 Å². The van der Waals surface area contributed by atoms with Gasteiger partial charge in [-0.3, -0.25) is 9.48 Å². The summed E-state index contributed by atoms with van der Waals surface area (Å²) in [6.45, 7) is 1.97. The molecular weight excluding hydrogens is 428 g/mol. The molecule has 2 heterocycles. The van der Waals surface area contributed by atoms with Crippen LogP contribution in [0.5, 0.6) is 0 Å². The fourth-order valence-electron chi connectivity index (χ4n) is 4.87. The molecule has 2 aromatic heterocycles. The Labute approximate surface area is 198 Å². The second kappa shape index (κ2) is 9.40. The van der Waals surface area contributed by atoms with Crippen LogP contribution in [0.4, 0.5) is 5.69 Å². The van der Waals surface area contributed by atoms with Crippen molar-refractivity contribution >= 4 is 17.0 Å². The molecular formula is C27H30N4OS. The predicted octanol–water partition coefficient (Wildman–Crippen LogP) is 6.14. The lowest BCUT2D eigenvalue weighted by Gasteiger charge is -2.19. The van der Waals surface area contributed by atoms with Crippen molar-refractivity contribution in [3.8, 4) is 16.9 Å². The summed E-state index contributed by atoms with van der Waals surface area (Å²) in [7, 11) is 1.92. The number of aromatic nitrogens is 3. The number of hydrogen-bond donors (Lipinski definition) is 0. The predicted molar refractivity (Wildman–Crippen MR) is 135 cm³/mol. The third-order valence-corrected chi connectivity index (χ3v) is 7.57. The number of para-hydroxylation sites is 1. The Morgan fingerprint density at radius 3 is 2.21 bits per heavy atom. The molecule has 0 radical (unpaired) electrons. The number of rotatable bonds is 4. The zero-order chi connectivity index (χ0) is 22.8. The summed E-state index contributed by atoms with van der Waals surface area (Å²) in [5, 5.41) is 2.20. The van der Waals surface area contributed by atoms with Crippen LogP contribution in [-0.4, -0.2) is 13.9 Å². The first-order valence-corrected chi connectivity index (χ1v) is 12.7. The van der Waals surface area contributed by atoms with E-state index in [9.17, 15) is 4.79 Å². The third kappa shape index (κ3) is 4.15. The summed E-state index contributed by atoms with van der Waals surface area (Å²) >= 11 is 1.63. The van der Waals surface area contributed by atoms with Gasteiger partial charge in [-0.2, -0.15) is 0 Å². The molecule has 0 unspecified atom stereocenters. The highest BCUT2D eigenvalue weighted by Gasteiger charge is 2.21. The molecule has 0 spiro atoms. The Balaban J connectivity index is 1.70. The molecule has 0 aliphatic heterocycles. The molecule has 0 atom stereocenters. The summed E-state index contributed by atoms with van der Waals surface area (Å²) in [4.78, 5) is 19.4. The van der Waals surface area contributed by atoms with Gasteiger partial charge in [-0.05, 0) is 37.5 Å². The highest BCUT2D eigenvalue weighted by atomic mass is 32.1. The van der Waals surface area contributed by atoms with Crippen LogP contribution in [0, 0.1) is 6.92 Å². The lowest BCUT2D eigenvalue weighted by Crippen LogP contribution is -2.23. The minimum atomic E-state index is -0.0803. The monoisotopic (exact) mass is 458 g/mol. The zero-order valence-corrected chi connectivity index (χ0v) is 20.1. The van der Waals surface area contributed by atoms with Crippen LogP contribution >= 0.6 is 11.3 Å². The van der Waals surface area contributed by atoms with Crippen molar-refractivity contribution in [2.24, 2.45) is 12.0 Å². The molecule has 0 N–H and O–H groups in total. The Morgan fingerprint density at radius 1 is 0.909 bits per heavy atom. The molecule has 6 heteroatoms. The lowest BCUT2D eigenvalue weighted by atomic mass is 10.1. The normalized spacial score (nSPS) is 15.6. The molecule has 5 rings (SSSR count). The quantitative estimate of drug-likeness (QED) is 0.339. The van der Waals surface area contributed by atoms with E-state index >= 15 is 0 Å². The molecule has 1 saturated carbocycles. The van der Waals surface area contributed by atoms with Crippen LogP contribution in [-0.2, 0) is 7.05 Å². The van der Waals surface area contributed by atoms with Gasteiger partial charge in [0.1, 0.15) is 0 Å². The summed E-state index contributed by atoms with van der Waals surface area (Å²) in [6.07, 6.45) is 7.40. The first-order valence-electron chi connectivity index (χ1n) is 11.8. The van der Waals surface area contributed by atoms with Crippen LogP contribution in [0.25, 0.3) is 16.9 Å². The van der Waals surface area contributed by atoms with Crippen LogP contribution in [0.1, 0.15) is 50.3 Å². The maximum atomic E-state index is 13.5. The zero-order valence-electron chi connectivity index (χ0n) is 19.3. The van der Waals surface area contributed by atoms with Gasteiger partial charge in [-0.1, -0.05) is 74.2 Å². The fraction of sp³-hybridized carbons (Fsp3) is 0.333. The average Bonchev–Trinajstić information content (AvgIpc) is 3.20. The van der Waals surface area contributed by atoms with E-state index < -0.39 is 0 Å². The molecule has 2 aromatic carbocycles. The highest BCUT2D eigenvalue weighted by molar-refractivity contribution is 7.07. The summed E-state index contributed by atoms with van der Waals surface area (Å²) in [5.41, 5.74) is 4.55. The van der Waals surface area contributed by atoms with E-state index in [1.54, 1.807) is 16.0 Å². The maximum absolute atomic E-state index is 13.5. The van der Waals surface area contributed by atoms with Gasteiger partial charge in [-0.15, -0.1) is 11.3 Å². The van der Waals surface area contributed by atoms with Crippen molar-refractivity contribution in [3.63, 3.8) is 0 Å². The fourth-order valence-corrected chi connectivity index (χ4v) is 5.84. The largest absolute Gasteiger partial charge is 0.313 e. The first kappa shape index (κ1) is 21.7. The minimum Gasteiger partial charge on any atom is -0.313 e. The number of thiazole rings is 1. The van der Waals surface area contributed by atoms with Crippen LogP contribution in [0.15, 0.2) is 75.8 Å². The topological polar surface area (TPSA) is 44.2 Å². The highest BCUT2D eigenvalue weighted by Crippen LogP contribution is 2.32. The van der Waals surface area contributed by atoms with Crippen LogP contribution < -0.4 is 10.4 Å². The summed E-state index contributed by atoms with van der Waals surface area (Å²) in [6, 6.07) is 20.7. The SMILES string of the molecule is Cc1c(N=c2scc(-c3ccccc3)n2C2CCCCCC2)c(=O)n(-c2ccccc2)n1C. The Bertz CT molecular complexity index is 1350.